The minimum Gasteiger partial charge on any atom is -0.334 e. The predicted molar refractivity (Wildman–Crippen MR) is 110 cm³/mol. The van der Waals surface area contributed by atoms with Crippen molar-refractivity contribution in [2.24, 2.45) is 11.3 Å². The first-order valence-electron chi connectivity index (χ1n) is 9.76. The molecule has 1 saturated heterocycles. The van der Waals surface area contributed by atoms with E-state index in [1.54, 1.807) is 11.3 Å². The normalized spacial score (nSPS) is 25.7. The summed E-state index contributed by atoms with van der Waals surface area (Å²) in [6.45, 7) is 11.9. The minimum atomic E-state index is 0.0963. The maximum Gasteiger partial charge on any atom is 0.274 e. The zero-order valence-corrected chi connectivity index (χ0v) is 17.4. The molecule has 3 rings (SSSR count). The van der Waals surface area contributed by atoms with Crippen LogP contribution in [0.5, 0.6) is 0 Å². The Labute approximate surface area is 161 Å². The highest BCUT2D eigenvalue weighted by Gasteiger charge is 2.49. The van der Waals surface area contributed by atoms with Gasteiger partial charge >= 0.3 is 0 Å². The van der Waals surface area contributed by atoms with Gasteiger partial charge in [-0.25, -0.2) is 4.98 Å². The number of aryl methyl sites for hydroxylation is 1. The van der Waals surface area contributed by atoms with Crippen LogP contribution in [0.4, 0.5) is 0 Å². The van der Waals surface area contributed by atoms with Crippen LogP contribution >= 0.6 is 11.3 Å². The Morgan fingerprint density at radius 2 is 2.00 bits per heavy atom. The second-order valence-corrected chi connectivity index (χ2v) is 8.96. The average molecular weight is 371 g/mol. The number of rotatable bonds is 5. The molecule has 1 aromatic carbocycles. The van der Waals surface area contributed by atoms with Crippen molar-refractivity contribution in [2.45, 2.75) is 59.9 Å². The summed E-state index contributed by atoms with van der Waals surface area (Å²) < 4.78 is 0. The molecule has 3 atom stereocenters. The molecule has 3 nitrogen and oxygen atoms in total. The average Bonchev–Trinajstić information content (AvgIpc) is 3.16. The van der Waals surface area contributed by atoms with E-state index >= 15 is 0 Å². The molecule has 2 aromatic rings. The molecule has 0 saturated carbocycles. The lowest BCUT2D eigenvalue weighted by Crippen LogP contribution is -2.40. The van der Waals surface area contributed by atoms with Gasteiger partial charge in [-0.2, -0.15) is 0 Å². The van der Waals surface area contributed by atoms with E-state index in [0.717, 1.165) is 28.4 Å². The highest BCUT2D eigenvalue weighted by atomic mass is 32.1. The number of benzene rings is 1. The van der Waals surface area contributed by atoms with E-state index in [1.165, 1.54) is 12.8 Å². The van der Waals surface area contributed by atoms with Crippen LogP contribution in [0.3, 0.4) is 0 Å². The van der Waals surface area contributed by atoms with E-state index < -0.39 is 0 Å². The van der Waals surface area contributed by atoms with Crippen LogP contribution in [0.1, 0.15) is 62.5 Å². The lowest BCUT2D eigenvalue weighted by atomic mass is 9.71. The maximum absolute atomic E-state index is 13.5. The van der Waals surface area contributed by atoms with Gasteiger partial charge in [-0.05, 0) is 43.6 Å². The lowest BCUT2D eigenvalue weighted by Gasteiger charge is -2.34. The first-order chi connectivity index (χ1) is 12.4. The summed E-state index contributed by atoms with van der Waals surface area (Å²) in [5.41, 5.74) is 1.89. The van der Waals surface area contributed by atoms with E-state index in [0.29, 0.717) is 11.6 Å². The second-order valence-electron chi connectivity index (χ2n) is 7.76. The number of hydrogen-bond donors (Lipinski definition) is 0. The number of thiazole rings is 1. The van der Waals surface area contributed by atoms with Crippen LogP contribution in [0.15, 0.2) is 30.3 Å². The topological polar surface area (TPSA) is 33.2 Å². The lowest BCUT2D eigenvalue weighted by molar-refractivity contribution is 0.0687. The van der Waals surface area contributed by atoms with Crippen LogP contribution in [0, 0.1) is 18.3 Å². The zero-order chi connectivity index (χ0) is 18.9. The monoisotopic (exact) mass is 370 g/mol. The van der Waals surface area contributed by atoms with Crippen molar-refractivity contribution >= 4 is 17.2 Å². The van der Waals surface area contributed by atoms with Crippen molar-refractivity contribution in [3.05, 3.63) is 41.0 Å². The van der Waals surface area contributed by atoms with Gasteiger partial charge in [-0.3, -0.25) is 4.79 Å². The first-order valence-corrected chi connectivity index (χ1v) is 10.6. The Morgan fingerprint density at radius 3 is 2.62 bits per heavy atom. The van der Waals surface area contributed by atoms with Gasteiger partial charge in [-0.15, -0.1) is 11.3 Å². The molecule has 4 heteroatoms. The third kappa shape index (κ3) is 3.20. The number of aromatic nitrogens is 1. The van der Waals surface area contributed by atoms with Crippen molar-refractivity contribution in [1.82, 2.24) is 9.88 Å². The van der Waals surface area contributed by atoms with Crippen LogP contribution in [-0.2, 0) is 0 Å². The van der Waals surface area contributed by atoms with Crippen molar-refractivity contribution in [2.75, 3.05) is 6.54 Å². The number of amides is 1. The Bertz CT molecular complexity index is 770. The SMILES string of the molecule is CCCC1CN(C(=O)c2nc(C)sc2-c2ccccc2)C(C)C1(C)CC. The predicted octanol–water partition coefficient (Wildman–Crippen LogP) is 5.80. The molecule has 2 heterocycles. The van der Waals surface area contributed by atoms with Crippen LogP contribution in [-0.4, -0.2) is 28.4 Å². The van der Waals surface area contributed by atoms with Crippen LogP contribution < -0.4 is 0 Å². The molecule has 0 radical (unpaired) electrons. The Morgan fingerprint density at radius 1 is 1.31 bits per heavy atom. The molecular formula is C22H30N2OS. The molecule has 3 unspecified atom stereocenters. The van der Waals surface area contributed by atoms with Gasteiger partial charge in [0, 0.05) is 12.6 Å². The fourth-order valence-corrected chi connectivity index (χ4v) is 5.32. The molecule has 140 valence electrons. The summed E-state index contributed by atoms with van der Waals surface area (Å²) >= 11 is 1.61. The first kappa shape index (κ1) is 19.1. The van der Waals surface area contributed by atoms with Crippen molar-refractivity contribution in [1.29, 1.82) is 0 Å². The molecule has 1 fully saturated rings. The second kappa shape index (κ2) is 7.51. The molecule has 1 aliphatic rings. The van der Waals surface area contributed by atoms with E-state index in [4.69, 9.17) is 0 Å². The Hall–Kier alpha value is -1.68. The van der Waals surface area contributed by atoms with Gasteiger partial charge in [-0.1, -0.05) is 57.5 Å². The van der Waals surface area contributed by atoms with Gasteiger partial charge in [0.1, 0.15) is 5.69 Å². The summed E-state index contributed by atoms with van der Waals surface area (Å²) in [4.78, 5) is 21.2. The van der Waals surface area contributed by atoms with Crippen LogP contribution in [0.2, 0.25) is 0 Å². The number of likely N-dealkylation sites (tertiary alicyclic amines) is 1. The number of carbonyl (C=O) groups is 1. The van der Waals surface area contributed by atoms with Gasteiger partial charge in [0.25, 0.3) is 5.91 Å². The van der Waals surface area contributed by atoms with Crippen molar-refractivity contribution in [3.8, 4) is 10.4 Å². The molecule has 0 spiro atoms. The number of carbonyl (C=O) groups excluding carboxylic acids is 1. The van der Waals surface area contributed by atoms with E-state index in [9.17, 15) is 4.79 Å². The fraction of sp³-hybridized carbons (Fsp3) is 0.545. The highest BCUT2D eigenvalue weighted by Crippen LogP contribution is 2.47. The highest BCUT2D eigenvalue weighted by molar-refractivity contribution is 7.15. The molecule has 1 aromatic heterocycles. The summed E-state index contributed by atoms with van der Waals surface area (Å²) in [7, 11) is 0. The third-order valence-corrected chi connectivity index (χ3v) is 7.42. The van der Waals surface area contributed by atoms with Gasteiger partial charge in [0.05, 0.1) is 9.88 Å². The smallest absolute Gasteiger partial charge is 0.274 e. The van der Waals surface area contributed by atoms with Gasteiger partial charge in [0.15, 0.2) is 0 Å². The molecule has 0 N–H and O–H groups in total. The standard InChI is InChI=1S/C22H30N2OS/c1-6-11-18-14-24(15(3)22(18,5)7-2)21(25)19-20(26-16(4)23-19)17-12-9-8-10-13-17/h8-10,12-13,15,18H,6-7,11,14H2,1-5H3. The zero-order valence-electron chi connectivity index (χ0n) is 16.6. The maximum atomic E-state index is 13.5. The molecule has 1 amide bonds. The van der Waals surface area contributed by atoms with Crippen molar-refractivity contribution in [3.63, 3.8) is 0 Å². The van der Waals surface area contributed by atoms with E-state index in [2.05, 4.69) is 49.7 Å². The van der Waals surface area contributed by atoms with Crippen molar-refractivity contribution < 1.29 is 4.79 Å². The molecular weight excluding hydrogens is 340 g/mol. The largest absolute Gasteiger partial charge is 0.334 e. The van der Waals surface area contributed by atoms with Gasteiger partial charge in [0.2, 0.25) is 0 Å². The molecule has 0 bridgehead atoms. The fourth-order valence-electron chi connectivity index (χ4n) is 4.41. The third-order valence-electron chi connectivity index (χ3n) is 6.40. The van der Waals surface area contributed by atoms with Gasteiger partial charge < -0.3 is 4.90 Å². The molecule has 1 aliphatic heterocycles. The molecule has 26 heavy (non-hydrogen) atoms. The summed E-state index contributed by atoms with van der Waals surface area (Å²) in [6.07, 6.45) is 3.45. The van der Waals surface area contributed by atoms with E-state index in [-0.39, 0.29) is 17.4 Å². The minimum absolute atomic E-state index is 0.0963. The Kier molecular flexibility index (Phi) is 5.52. The van der Waals surface area contributed by atoms with Crippen LogP contribution in [0.25, 0.3) is 10.4 Å². The summed E-state index contributed by atoms with van der Waals surface area (Å²) in [6, 6.07) is 10.4. The summed E-state index contributed by atoms with van der Waals surface area (Å²) in [5.74, 6) is 0.662. The van der Waals surface area contributed by atoms with E-state index in [1.807, 2.05) is 25.1 Å². The number of hydrogen-bond acceptors (Lipinski definition) is 3. The molecule has 0 aliphatic carbocycles. The summed E-state index contributed by atoms with van der Waals surface area (Å²) in [5, 5.41) is 0.947. The Balaban J connectivity index is 1.96. The number of nitrogens with zero attached hydrogens (tertiary/aromatic N) is 2. The quantitative estimate of drug-likeness (QED) is 0.667.